The molecule has 0 bridgehead atoms. The number of ether oxygens (including phenoxy) is 1. The molecule has 2 saturated heterocycles. The van der Waals surface area contributed by atoms with Crippen LogP contribution in [0.2, 0.25) is 0 Å². The summed E-state index contributed by atoms with van der Waals surface area (Å²) in [6.45, 7) is 7.86. The van der Waals surface area contributed by atoms with Crippen molar-refractivity contribution in [3.8, 4) is 6.07 Å². The molecular formula is C25H32F3N3O2. The largest absolute Gasteiger partial charge is 0.417 e. The molecule has 1 saturated carbocycles. The van der Waals surface area contributed by atoms with E-state index in [1.807, 2.05) is 23.6 Å². The normalized spacial score (nSPS) is 22.8. The first-order chi connectivity index (χ1) is 15.6. The van der Waals surface area contributed by atoms with Crippen LogP contribution in [0.5, 0.6) is 0 Å². The number of anilines is 1. The quantitative estimate of drug-likeness (QED) is 0.614. The van der Waals surface area contributed by atoms with Gasteiger partial charge in [-0.25, -0.2) is 0 Å². The van der Waals surface area contributed by atoms with Gasteiger partial charge in [-0.05, 0) is 55.2 Å². The van der Waals surface area contributed by atoms with Gasteiger partial charge in [0, 0.05) is 50.3 Å². The Labute approximate surface area is 193 Å². The lowest BCUT2D eigenvalue weighted by molar-refractivity contribution is -0.137. The zero-order chi connectivity index (χ0) is 23.8. The van der Waals surface area contributed by atoms with Crippen molar-refractivity contribution in [3.05, 3.63) is 29.3 Å². The molecule has 1 atom stereocenters. The molecule has 1 aromatic carbocycles. The molecule has 1 spiro atoms. The summed E-state index contributed by atoms with van der Waals surface area (Å²) >= 11 is 0. The average molecular weight is 464 g/mol. The summed E-state index contributed by atoms with van der Waals surface area (Å²) in [6.07, 6.45) is -0.507. The number of likely N-dealkylation sites (tertiary alicyclic amines) is 1. The van der Waals surface area contributed by atoms with Crippen LogP contribution in [0.25, 0.3) is 0 Å². The Morgan fingerprint density at radius 3 is 2.52 bits per heavy atom. The second-order valence-corrected chi connectivity index (χ2v) is 10.2. The van der Waals surface area contributed by atoms with Crippen LogP contribution in [-0.4, -0.2) is 50.2 Å². The van der Waals surface area contributed by atoms with Crippen molar-refractivity contribution in [1.29, 1.82) is 5.26 Å². The lowest BCUT2D eigenvalue weighted by Crippen LogP contribution is -2.45. The maximum atomic E-state index is 13.4. The number of nitrogens with zero attached hydrogens (tertiary/aromatic N) is 3. The fraction of sp³-hybridized carbons (Fsp3) is 0.680. The zero-order valence-electron chi connectivity index (χ0n) is 19.3. The average Bonchev–Trinajstić information content (AvgIpc) is 3.54. The number of benzene rings is 1. The van der Waals surface area contributed by atoms with Gasteiger partial charge in [-0.3, -0.25) is 4.79 Å². The van der Waals surface area contributed by atoms with Gasteiger partial charge >= 0.3 is 6.18 Å². The maximum Gasteiger partial charge on any atom is 0.417 e. The van der Waals surface area contributed by atoms with E-state index in [4.69, 9.17) is 10.00 Å². The van der Waals surface area contributed by atoms with Gasteiger partial charge < -0.3 is 14.5 Å². The third-order valence-electron chi connectivity index (χ3n) is 7.54. The monoisotopic (exact) mass is 463 g/mol. The first kappa shape index (κ1) is 23.9. The summed E-state index contributed by atoms with van der Waals surface area (Å²) in [5.74, 6) is 1.01. The Balaban J connectivity index is 1.48. The molecule has 33 heavy (non-hydrogen) atoms. The van der Waals surface area contributed by atoms with Gasteiger partial charge in [0.25, 0.3) is 0 Å². The highest BCUT2D eigenvalue weighted by atomic mass is 19.4. The number of alkyl halides is 3. The molecule has 180 valence electrons. The molecule has 2 heterocycles. The number of carbonyl (C=O) groups excluding carboxylic acids is 1. The Bertz CT molecular complexity index is 912. The van der Waals surface area contributed by atoms with Gasteiger partial charge in [-0.2, -0.15) is 18.4 Å². The van der Waals surface area contributed by atoms with Crippen molar-refractivity contribution < 1.29 is 22.7 Å². The summed E-state index contributed by atoms with van der Waals surface area (Å²) in [7, 11) is 0. The Morgan fingerprint density at radius 1 is 1.24 bits per heavy atom. The third kappa shape index (κ3) is 5.13. The standard InChI is InChI=1S/C25H32F3N3O2/c1-17(2)23(32)31-13-20(15-33-14-18-3-4-18)24(16-31)7-9-30(10-8-24)21-6-5-19(12-29)22(11-21)25(26,27)28/h5-6,11,17-18,20H,3-4,7-10,13-16H2,1-2H3. The van der Waals surface area contributed by atoms with Gasteiger partial charge in [0.2, 0.25) is 5.91 Å². The minimum Gasteiger partial charge on any atom is -0.381 e. The fourth-order valence-corrected chi connectivity index (χ4v) is 5.30. The number of carbonyl (C=O) groups is 1. The van der Waals surface area contributed by atoms with Gasteiger partial charge in [0.15, 0.2) is 0 Å². The fourth-order valence-electron chi connectivity index (χ4n) is 5.30. The summed E-state index contributed by atoms with van der Waals surface area (Å²) in [5.41, 5.74) is -0.815. The minimum absolute atomic E-state index is 0.0623. The summed E-state index contributed by atoms with van der Waals surface area (Å²) < 4.78 is 46.3. The van der Waals surface area contributed by atoms with Gasteiger partial charge in [0.05, 0.1) is 23.8 Å². The molecule has 1 aromatic rings. The second kappa shape index (κ2) is 9.17. The molecule has 2 aliphatic heterocycles. The molecule has 3 fully saturated rings. The van der Waals surface area contributed by atoms with E-state index >= 15 is 0 Å². The zero-order valence-corrected chi connectivity index (χ0v) is 19.3. The predicted molar refractivity (Wildman–Crippen MR) is 118 cm³/mol. The van der Waals surface area contributed by atoms with Crippen molar-refractivity contribution in [1.82, 2.24) is 4.90 Å². The number of halogens is 3. The highest BCUT2D eigenvalue weighted by molar-refractivity contribution is 5.78. The van der Waals surface area contributed by atoms with Crippen LogP contribution < -0.4 is 4.90 Å². The van der Waals surface area contributed by atoms with Crippen LogP contribution in [0.3, 0.4) is 0 Å². The maximum absolute atomic E-state index is 13.4. The molecule has 3 aliphatic rings. The number of hydrogen-bond acceptors (Lipinski definition) is 4. The number of hydrogen-bond donors (Lipinski definition) is 0. The van der Waals surface area contributed by atoms with E-state index in [1.54, 1.807) is 12.1 Å². The van der Waals surface area contributed by atoms with Crippen LogP contribution in [0, 0.1) is 34.5 Å². The summed E-state index contributed by atoms with van der Waals surface area (Å²) in [6, 6.07) is 5.60. The lowest BCUT2D eigenvalue weighted by Gasteiger charge is -2.43. The lowest BCUT2D eigenvalue weighted by atomic mass is 9.71. The highest BCUT2D eigenvalue weighted by Crippen LogP contribution is 2.46. The van der Waals surface area contributed by atoms with Gasteiger partial charge in [-0.15, -0.1) is 0 Å². The van der Waals surface area contributed by atoms with Gasteiger partial charge in [0.1, 0.15) is 0 Å². The van der Waals surface area contributed by atoms with E-state index in [2.05, 4.69) is 0 Å². The van der Waals surface area contributed by atoms with Crippen LogP contribution >= 0.6 is 0 Å². The van der Waals surface area contributed by atoms with Crippen molar-refractivity contribution in [2.24, 2.45) is 23.2 Å². The first-order valence-electron chi connectivity index (χ1n) is 11.9. The number of nitriles is 1. The van der Waals surface area contributed by atoms with Crippen molar-refractivity contribution in [3.63, 3.8) is 0 Å². The molecule has 1 amide bonds. The van der Waals surface area contributed by atoms with E-state index < -0.39 is 11.7 Å². The van der Waals surface area contributed by atoms with Crippen LogP contribution in [0.4, 0.5) is 18.9 Å². The Morgan fingerprint density at radius 2 is 1.94 bits per heavy atom. The SMILES string of the molecule is CC(C)C(=O)N1CC(COCC2CC2)C2(CCN(c3ccc(C#N)c(C(F)(F)F)c3)CC2)C1. The predicted octanol–water partition coefficient (Wildman–Crippen LogP) is 4.70. The molecule has 8 heteroatoms. The van der Waals surface area contributed by atoms with E-state index in [1.165, 1.54) is 18.9 Å². The van der Waals surface area contributed by atoms with E-state index in [9.17, 15) is 18.0 Å². The van der Waals surface area contributed by atoms with Crippen molar-refractivity contribution in [2.45, 2.75) is 45.7 Å². The van der Waals surface area contributed by atoms with Crippen LogP contribution in [0.1, 0.15) is 50.7 Å². The van der Waals surface area contributed by atoms with E-state index in [0.29, 0.717) is 44.4 Å². The molecule has 1 unspecified atom stereocenters. The number of piperidine rings is 1. The van der Waals surface area contributed by atoms with E-state index in [0.717, 1.165) is 25.5 Å². The number of amides is 1. The third-order valence-corrected chi connectivity index (χ3v) is 7.54. The van der Waals surface area contributed by atoms with Crippen LogP contribution in [-0.2, 0) is 15.7 Å². The molecule has 0 radical (unpaired) electrons. The van der Waals surface area contributed by atoms with E-state index in [-0.39, 0.29) is 28.7 Å². The second-order valence-electron chi connectivity index (χ2n) is 10.2. The number of rotatable bonds is 6. The molecule has 0 aromatic heterocycles. The van der Waals surface area contributed by atoms with Crippen molar-refractivity contribution in [2.75, 3.05) is 44.3 Å². The molecule has 4 rings (SSSR count). The summed E-state index contributed by atoms with van der Waals surface area (Å²) in [5, 5.41) is 9.06. The molecular weight excluding hydrogens is 431 g/mol. The van der Waals surface area contributed by atoms with Crippen LogP contribution in [0.15, 0.2) is 18.2 Å². The van der Waals surface area contributed by atoms with Crippen molar-refractivity contribution >= 4 is 11.6 Å². The Kier molecular flexibility index (Phi) is 6.63. The molecule has 1 aliphatic carbocycles. The summed E-state index contributed by atoms with van der Waals surface area (Å²) in [4.78, 5) is 16.7. The minimum atomic E-state index is -4.56. The van der Waals surface area contributed by atoms with Gasteiger partial charge in [-0.1, -0.05) is 13.8 Å². The molecule has 5 nitrogen and oxygen atoms in total. The smallest absolute Gasteiger partial charge is 0.381 e. The Hall–Kier alpha value is -2.27. The first-order valence-corrected chi connectivity index (χ1v) is 11.9. The molecule has 0 N–H and O–H groups in total. The highest BCUT2D eigenvalue weighted by Gasteiger charge is 2.49. The topological polar surface area (TPSA) is 56.6 Å².